The van der Waals surface area contributed by atoms with Gasteiger partial charge in [0.15, 0.2) is 0 Å². The van der Waals surface area contributed by atoms with Crippen LogP contribution in [0.2, 0.25) is 0 Å². The fourth-order valence-electron chi connectivity index (χ4n) is 3.14. The molecule has 11 heteroatoms. The Kier molecular flexibility index (Phi) is 8.51. The van der Waals surface area contributed by atoms with Crippen LogP contribution in [0.15, 0.2) is 23.1 Å². The number of methoxy groups -OCH3 is 1. The third-order valence-corrected chi connectivity index (χ3v) is 6.54. The van der Waals surface area contributed by atoms with E-state index in [-0.39, 0.29) is 22.8 Å². The van der Waals surface area contributed by atoms with Crippen LogP contribution in [-0.4, -0.2) is 64.3 Å². The highest BCUT2D eigenvalue weighted by atomic mass is 32.2. The highest BCUT2D eigenvalue weighted by molar-refractivity contribution is 7.89. The van der Waals surface area contributed by atoms with E-state index >= 15 is 0 Å². The summed E-state index contributed by atoms with van der Waals surface area (Å²) in [5.41, 5.74) is 0.0619. The van der Waals surface area contributed by atoms with E-state index in [0.29, 0.717) is 13.1 Å². The van der Waals surface area contributed by atoms with Gasteiger partial charge in [0, 0.05) is 24.7 Å². The van der Waals surface area contributed by atoms with Crippen molar-refractivity contribution >= 4 is 15.9 Å². The Morgan fingerprint density at radius 1 is 1.20 bits per heavy atom. The largest absolute Gasteiger partial charge is 0.495 e. The van der Waals surface area contributed by atoms with Crippen LogP contribution in [0.25, 0.3) is 0 Å². The first-order chi connectivity index (χ1) is 14.0. The number of carbonyl (C=O) groups excluding carboxylic acids is 1. The third-order valence-electron chi connectivity index (χ3n) is 4.62. The van der Waals surface area contributed by atoms with Crippen LogP contribution in [0.4, 0.5) is 13.2 Å². The number of benzene rings is 1. The van der Waals surface area contributed by atoms with E-state index in [9.17, 15) is 26.4 Å². The maximum atomic E-state index is 13.1. The molecule has 0 aromatic heterocycles. The Morgan fingerprint density at radius 3 is 2.40 bits per heavy atom. The molecule has 0 radical (unpaired) electrons. The summed E-state index contributed by atoms with van der Waals surface area (Å²) in [6, 6.07) is 3.33. The van der Waals surface area contributed by atoms with Crippen molar-refractivity contribution in [3.63, 3.8) is 0 Å². The Hall–Kier alpha value is -1.85. The van der Waals surface area contributed by atoms with Crippen LogP contribution in [0.3, 0.4) is 0 Å². The van der Waals surface area contributed by atoms with E-state index in [2.05, 4.69) is 10.1 Å². The lowest BCUT2D eigenvalue weighted by Gasteiger charge is -2.22. The number of amides is 1. The molecule has 1 heterocycles. The van der Waals surface area contributed by atoms with Crippen LogP contribution in [-0.2, 0) is 14.8 Å². The van der Waals surface area contributed by atoms with Gasteiger partial charge in [-0.2, -0.15) is 17.5 Å². The Bertz CT molecular complexity index is 822. The summed E-state index contributed by atoms with van der Waals surface area (Å²) >= 11 is 0. The summed E-state index contributed by atoms with van der Waals surface area (Å²) in [6.45, 7) is 0.548. The first-order valence-corrected chi connectivity index (χ1v) is 11.1. The number of carbonyl (C=O) groups is 1. The van der Waals surface area contributed by atoms with Gasteiger partial charge in [0.2, 0.25) is 10.0 Å². The van der Waals surface area contributed by atoms with E-state index in [1.807, 2.05) is 0 Å². The fraction of sp³-hybridized carbons (Fsp3) is 0.632. The fourth-order valence-corrected chi connectivity index (χ4v) is 4.84. The molecule has 1 aromatic carbocycles. The Morgan fingerprint density at radius 2 is 1.83 bits per heavy atom. The molecule has 0 spiro atoms. The molecule has 0 bridgehead atoms. The quantitative estimate of drug-likeness (QED) is 0.656. The molecule has 30 heavy (non-hydrogen) atoms. The third kappa shape index (κ3) is 6.85. The Balaban J connectivity index is 2.15. The summed E-state index contributed by atoms with van der Waals surface area (Å²) in [4.78, 5) is 12.4. The van der Waals surface area contributed by atoms with Crippen molar-refractivity contribution in [2.45, 2.75) is 49.7 Å². The van der Waals surface area contributed by atoms with Gasteiger partial charge in [0.05, 0.1) is 13.7 Å². The second-order valence-electron chi connectivity index (χ2n) is 7.19. The second kappa shape index (κ2) is 10.5. The van der Waals surface area contributed by atoms with Crippen LogP contribution in [0.1, 0.15) is 43.0 Å². The van der Waals surface area contributed by atoms with Gasteiger partial charge in [-0.15, -0.1) is 0 Å². The van der Waals surface area contributed by atoms with Gasteiger partial charge in [0.25, 0.3) is 5.91 Å². The first kappa shape index (κ1) is 24.4. The molecular weight excluding hydrogens is 425 g/mol. The van der Waals surface area contributed by atoms with Crippen molar-refractivity contribution < 1.29 is 35.9 Å². The summed E-state index contributed by atoms with van der Waals surface area (Å²) in [5, 5.41) is 2.51. The predicted octanol–water partition coefficient (Wildman–Crippen LogP) is 2.96. The average Bonchev–Trinajstić information content (AvgIpc) is 2.96. The molecule has 1 aromatic rings. The molecule has 2 rings (SSSR count). The van der Waals surface area contributed by atoms with Gasteiger partial charge in [0.1, 0.15) is 17.3 Å². The van der Waals surface area contributed by atoms with Gasteiger partial charge in [-0.25, -0.2) is 8.42 Å². The number of sulfonamides is 1. The van der Waals surface area contributed by atoms with E-state index < -0.39 is 34.8 Å². The molecule has 1 N–H and O–H groups in total. The number of hydrogen-bond donors (Lipinski definition) is 1. The monoisotopic (exact) mass is 452 g/mol. The van der Waals surface area contributed by atoms with Crippen molar-refractivity contribution in [1.82, 2.24) is 9.62 Å². The average molecular weight is 452 g/mol. The number of ether oxygens (including phenoxy) is 2. The van der Waals surface area contributed by atoms with Gasteiger partial charge >= 0.3 is 6.18 Å². The van der Waals surface area contributed by atoms with Crippen LogP contribution in [0.5, 0.6) is 5.75 Å². The van der Waals surface area contributed by atoms with E-state index in [1.54, 1.807) is 0 Å². The highest BCUT2D eigenvalue weighted by Crippen LogP contribution is 2.29. The zero-order valence-corrected chi connectivity index (χ0v) is 17.8. The molecule has 0 aliphatic carbocycles. The molecule has 1 amide bonds. The lowest BCUT2D eigenvalue weighted by Crippen LogP contribution is -2.37. The van der Waals surface area contributed by atoms with Crippen molar-refractivity contribution in [3.05, 3.63) is 23.8 Å². The van der Waals surface area contributed by atoms with Crippen LogP contribution < -0.4 is 10.1 Å². The van der Waals surface area contributed by atoms with Gasteiger partial charge in [-0.05, 0) is 38.0 Å². The molecule has 1 aliphatic rings. The number of hydrogen-bond acceptors (Lipinski definition) is 5. The van der Waals surface area contributed by atoms with Crippen molar-refractivity contribution in [2.24, 2.45) is 0 Å². The number of halogens is 3. The minimum atomic E-state index is -4.45. The number of rotatable bonds is 8. The molecule has 7 nitrogen and oxygen atoms in total. The van der Waals surface area contributed by atoms with Crippen LogP contribution in [0, 0.1) is 0 Å². The number of alkyl halides is 3. The number of nitrogens with one attached hydrogen (secondary N) is 1. The van der Waals surface area contributed by atoms with Gasteiger partial charge in [-0.1, -0.05) is 12.8 Å². The van der Waals surface area contributed by atoms with Crippen molar-refractivity contribution in [2.75, 3.05) is 33.4 Å². The van der Waals surface area contributed by atoms with E-state index in [4.69, 9.17) is 4.74 Å². The lowest BCUT2D eigenvalue weighted by atomic mass is 10.2. The Labute approximate surface area is 174 Å². The number of nitrogens with zero attached hydrogens (tertiary/aromatic N) is 1. The van der Waals surface area contributed by atoms with Crippen molar-refractivity contribution in [3.8, 4) is 5.75 Å². The topological polar surface area (TPSA) is 84.9 Å². The van der Waals surface area contributed by atoms with Crippen molar-refractivity contribution in [1.29, 1.82) is 0 Å². The SMILES string of the molecule is COc1ccc(C(=O)NC(C)COCC(F)(F)F)cc1S(=O)(=O)N1CCCCCC1. The molecule has 1 saturated heterocycles. The van der Waals surface area contributed by atoms with E-state index in [0.717, 1.165) is 25.7 Å². The molecule has 1 unspecified atom stereocenters. The lowest BCUT2D eigenvalue weighted by molar-refractivity contribution is -0.174. The van der Waals surface area contributed by atoms with E-state index in [1.165, 1.54) is 36.5 Å². The standard InChI is InChI=1S/C19H27F3N2O5S/c1-14(12-29-13-19(20,21)22)23-18(25)15-7-8-16(28-2)17(11-15)30(26,27)24-9-5-3-4-6-10-24/h7-8,11,14H,3-6,9-10,12-13H2,1-2H3,(H,23,25). The second-order valence-corrected chi connectivity index (χ2v) is 9.10. The molecule has 1 aliphatic heterocycles. The molecule has 0 saturated carbocycles. The first-order valence-electron chi connectivity index (χ1n) is 9.68. The minimum absolute atomic E-state index is 0.0619. The minimum Gasteiger partial charge on any atom is -0.495 e. The highest BCUT2D eigenvalue weighted by Gasteiger charge is 2.30. The maximum absolute atomic E-state index is 13.1. The van der Waals surface area contributed by atoms with Gasteiger partial charge in [-0.3, -0.25) is 4.79 Å². The molecule has 1 fully saturated rings. The predicted molar refractivity (Wildman–Crippen MR) is 104 cm³/mol. The zero-order chi connectivity index (χ0) is 22.4. The van der Waals surface area contributed by atoms with Crippen LogP contribution >= 0.6 is 0 Å². The van der Waals surface area contributed by atoms with Gasteiger partial charge < -0.3 is 14.8 Å². The summed E-state index contributed by atoms with van der Waals surface area (Å²) in [6.07, 6.45) is -1.01. The maximum Gasteiger partial charge on any atom is 0.411 e. The zero-order valence-electron chi connectivity index (χ0n) is 17.0. The molecule has 1 atom stereocenters. The summed E-state index contributed by atoms with van der Waals surface area (Å²) in [7, 11) is -2.52. The normalized spacial score (nSPS) is 17.2. The molecule has 170 valence electrons. The molecular formula is C19H27F3N2O5S. The summed E-state index contributed by atoms with van der Waals surface area (Å²) in [5.74, 6) is -0.495. The summed E-state index contributed by atoms with van der Waals surface area (Å²) < 4.78 is 73.9. The smallest absolute Gasteiger partial charge is 0.411 e.